The summed E-state index contributed by atoms with van der Waals surface area (Å²) in [4.78, 5) is 22.6. The van der Waals surface area contributed by atoms with Crippen molar-refractivity contribution in [2.24, 2.45) is 0 Å². The molecule has 138 valence electrons. The van der Waals surface area contributed by atoms with Gasteiger partial charge in [-0.1, -0.05) is 23.7 Å². The van der Waals surface area contributed by atoms with E-state index in [1.54, 1.807) is 6.07 Å². The van der Waals surface area contributed by atoms with Gasteiger partial charge in [0.25, 0.3) is 5.69 Å². The number of carbonyl (C=O) groups is 1. The van der Waals surface area contributed by atoms with Gasteiger partial charge in [-0.3, -0.25) is 10.1 Å². The Kier molecular flexibility index (Phi) is 5.96. The average Bonchev–Trinajstić information content (AvgIpc) is 2.59. The standard InChI is InChI=1S/C16H15ClN2O6S/c1-18(2)26(23,24)12-7-8-14(17)13(9-12)16(20)25-10-11-5-3-4-6-15(11)19(21)22/h3-9H,10H2,1-2H3. The van der Waals surface area contributed by atoms with E-state index in [1.165, 1.54) is 44.4 Å². The summed E-state index contributed by atoms with van der Waals surface area (Å²) >= 11 is 5.97. The Morgan fingerprint density at radius 3 is 2.50 bits per heavy atom. The zero-order valence-electron chi connectivity index (χ0n) is 13.9. The lowest BCUT2D eigenvalue weighted by atomic mass is 10.2. The number of sulfonamides is 1. The number of halogens is 1. The first-order valence-corrected chi connectivity index (χ1v) is 9.08. The van der Waals surface area contributed by atoms with Crippen LogP contribution in [0.5, 0.6) is 0 Å². The number of carbonyl (C=O) groups excluding carboxylic acids is 1. The Morgan fingerprint density at radius 2 is 1.88 bits per heavy atom. The number of hydrogen-bond donors (Lipinski definition) is 0. The second-order valence-electron chi connectivity index (χ2n) is 5.39. The molecule has 10 heteroatoms. The summed E-state index contributed by atoms with van der Waals surface area (Å²) in [5.41, 5.74) is -0.123. The third-order valence-corrected chi connectivity index (χ3v) is 5.62. The van der Waals surface area contributed by atoms with Crippen molar-refractivity contribution in [2.75, 3.05) is 14.1 Å². The van der Waals surface area contributed by atoms with E-state index < -0.39 is 20.9 Å². The predicted octanol–water partition coefficient (Wildman–Crippen LogP) is 2.86. The molecule has 2 aromatic rings. The van der Waals surface area contributed by atoms with Crippen molar-refractivity contribution in [1.82, 2.24) is 4.31 Å². The third kappa shape index (κ3) is 4.18. The van der Waals surface area contributed by atoms with Crippen molar-refractivity contribution >= 4 is 33.3 Å². The van der Waals surface area contributed by atoms with Crippen molar-refractivity contribution in [3.05, 3.63) is 68.7 Å². The molecule has 0 aliphatic heterocycles. The Morgan fingerprint density at radius 1 is 1.23 bits per heavy atom. The van der Waals surface area contributed by atoms with Crippen molar-refractivity contribution in [3.63, 3.8) is 0 Å². The molecule has 26 heavy (non-hydrogen) atoms. The zero-order chi connectivity index (χ0) is 19.5. The molecular weight excluding hydrogens is 384 g/mol. The minimum atomic E-state index is -3.76. The van der Waals surface area contributed by atoms with Gasteiger partial charge in [0, 0.05) is 20.2 Å². The summed E-state index contributed by atoms with van der Waals surface area (Å²) in [5, 5.41) is 11.0. The van der Waals surface area contributed by atoms with Gasteiger partial charge < -0.3 is 4.74 Å². The molecule has 0 unspecified atom stereocenters. The number of hydrogen-bond acceptors (Lipinski definition) is 6. The van der Waals surface area contributed by atoms with Crippen LogP contribution in [0.25, 0.3) is 0 Å². The topological polar surface area (TPSA) is 107 Å². The van der Waals surface area contributed by atoms with E-state index in [-0.39, 0.29) is 33.3 Å². The molecule has 0 spiro atoms. The molecule has 2 aromatic carbocycles. The van der Waals surface area contributed by atoms with Crippen molar-refractivity contribution in [2.45, 2.75) is 11.5 Å². The summed E-state index contributed by atoms with van der Waals surface area (Å²) in [5.74, 6) is -0.885. The fraction of sp³-hybridized carbons (Fsp3) is 0.188. The summed E-state index contributed by atoms with van der Waals surface area (Å²) in [6, 6.07) is 9.49. The van der Waals surface area contributed by atoms with Crippen LogP contribution >= 0.6 is 11.6 Å². The summed E-state index contributed by atoms with van der Waals surface area (Å²) in [6.45, 7) is -0.350. The summed E-state index contributed by atoms with van der Waals surface area (Å²) in [7, 11) is -1.04. The van der Waals surface area contributed by atoms with E-state index >= 15 is 0 Å². The fourth-order valence-electron chi connectivity index (χ4n) is 2.06. The third-order valence-electron chi connectivity index (χ3n) is 3.48. The molecule has 0 fully saturated rings. The molecule has 0 saturated carbocycles. The smallest absolute Gasteiger partial charge is 0.340 e. The zero-order valence-corrected chi connectivity index (χ0v) is 15.5. The number of rotatable bonds is 6. The monoisotopic (exact) mass is 398 g/mol. The summed E-state index contributed by atoms with van der Waals surface area (Å²) < 4.78 is 30.4. The number of esters is 1. The lowest BCUT2D eigenvalue weighted by molar-refractivity contribution is -0.385. The minimum Gasteiger partial charge on any atom is -0.457 e. The largest absolute Gasteiger partial charge is 0.457 e. The van der Waals surface area contributed by atoms with E-state index in [4.69, 9.17) is 16.3 Å². The van der Waals surface area contributed by atoms with Gasteiger partial charge in [0.1, 0.15) is 6.61 Å². The van der Waals surface area contributed by atoms with Crippen LogP contribution in [0.4, 0.5) is 5.69 Å². The van der Waals surface area contributed by atoms with Gasteiger partial charge >= 0.3 is 5.97 Å². The molecule has 0 radical (unpaired) electrons. The molecule has 8 nitrogen and oxygen atoms in total. The first-order valence-electron chi connectivity index (χ1n) is 7.26. The SMILES string of the molecule is CN(C)S(=O)(=O)c1ccc(Cl)c(C(=O)OCc2ccccc2[N+](=O)[O-])c1. The second kappa shape index (κ2) is 7.81. The molecule has 0 amide bonds. The van der Waals surface area contributed by atoms with Gasteiger partial charge in [-0.05, 0) is 24.3 Å². The number of nitrogens with zero attached hydrogens (tertiary/aromatic N) is 2. The number of benzene rings is 2. The van der Waals surface area contributed by atoms with E-state index in [0.29, 0.717) is 0 Å². The van der Waals surface area contributed by atoms with Gasteiger partial charge in [0.15, 0.2) is 0 Å². The highest BCUT2D eigenvalue weighted by Gasteiger charge is 2.22. The van der Waals surface area contributed by atoms with Crippen LogP contribution in [-0.2, 0) is 21.4 Å². The van der Waals surface area contributed by atoms with Crippen molar-refractivity contribution < 1.29 is 22.9 Å². The Balaban J connectivity index is 2.27. The first-order chi connectivity index (χ1) is 12.1. The number of nitro groups is 1. The predicted molar refractivity (Wildman–Crippen MR) is 94.5 cm³/mol. The number of ether oxygens (including phenoxy) is 1. The van der Waals surface area contributed by atoms with Crippen LogP contribution in [0.2, 0.25) is 5.02 Å². The molecule has 2 rings (SSSR count). The number of nitro benzene ring substituents is 1. The minimum absolute atomic E-state index is 0.00951. The normalized spacial score (nSPS) is 11.4. The lowest BCUT2D eigenvalue weighted by Gasteiger charge is -2.13. The second-order valence-corrected chi connectivity index (χ2v) is 7.95. The highest BCUT2D eigenvalue weighted by Crippen LogP contribution is 2.24. The molecule has 0 aliphatic rings. The van der Waals surface area contributed by atoms with Crippen LogP contribution in [0, 0.1) is 10.1 Å². The highest BCUT2D eigenvalue weighted by atomic mass is 35.5. The Hall–Kier alpha value is -2.49. The van der Waals surface area contributed by atoms with Crippen LogP contribution in [0.15, 0.2) is 47.4 Å². The maximum absolute atomic E-state index is 12.3. The molecule has 0 aliphatic carbocycles. The summed E-state index contributed by atoms with van der Waals surface area (Å²) in [6.07, 6.45) is 0. The molecule has 0 saturated heterocycles. The molecule has 0 N–H and O–H groups in total. The van der Waals surface area contributed by atoms with Gasteiger partial charge in [0.2, 0.25) is 10.0 Å². The maximum Gasteiger partial charge on any atom is 0.340 e. The van der Waals surface area contributed by atoms with E-state index in [2.05, 4.69) is 0 Å². The average molecular weight is 399 g/mol. The molecule has 0 bridgehead atoms. The van der Waals surface area contributed by atoms with Crippen LogP contribution in [0.1, 0.15) is 15.9 Å². The van der Waals surface area contributed by atoms with Crippen molar-refractivity contribution in [1.29, 1.82) is 0 Å². The van der Waals surface area contributed by atoms with Gasteiger partial charge in [-0.15, -0.1) is 0 Å². The van der Waals surface area contributed by atoms with Gasteiger partial charge in [-0.2, -0.15) is 0 Å². The van der Waals surface area contributed by atoms with E-state index in [1.807, 2.05) is 0 Å². The molecular formula is C16H15ClN2O6S. The quantitative estimate of drug-likeness (QED) is 0.420. The maximum atomic E-state index is 12.3. The van der Waals surface area contributed by atoms with Gasteiger partial charge in [0.05, 0.1) is 26.0 Å². The van der Waals surface area contributed by atoms with Crippen LogP contribution < -0.4 is 0 Å². The van der Waals surface area contributed by atoms with Gasteiger partial charge in [-0.25, -0.2) is 17.5 Å². The molecule has 0 aromatic heterocycles. The molecule has 0 heterocycles. The van der Waals surface area contributed by atoms with Crippen LogP contribution in [-0.4, -0.2) is 37.7 Å². The lowest BCUT2D eigenvalue weighted by Crippen LogP contribution is -2.22. The Bertz CT molecular complexity index is 959. The van der Waals surface area contributed by atoms with Crippen molar-refractivity contribution in [3.8, 4) is 0 Å². The number of para-hydroxylation sites is 1. The highest BCUT2D eigenvalue weighted by molar-refractivity contribution is 7.89. The van der Waals surface area contributed by atoms with E-state index in [9.17, 15) is 23.3 Å². The fourth-order valence-corrected chi connectivity index (χ4v) is 3.19. The molecule has 0 atom stereocenters. The first kappa shape index (κ1) is 19.8. The van der Waals surface area contributed by atoms with E-state index in [0.717, 1.165) is 10.4 Å². The Labute approximate surface area is 155 Å². The van der Waals surface area contributed by atoms with Crippen LogP contribution in [0.3, 0.4) is 0 Å².